The number of amides is 2. The van der Waals surface area contributed by atoms with E-state index in [1.54, 1.807) is 21.9 Å². The van der Waals surface area contributed by atoms with Crippen molar-refractivity contribution >= 4 is 35.4 Å². The highest BCUT2D eigenvalue weighted by Crippen LogP contribution is 2.42. The minimum Gasteiger partial charge on any atom is -0.502 e. The van der Waals surface area contributed by atoms with Crippen molar-refractivity contribution in [3.63, 3.8) is 0 Å². The second-order valence-electron chi connectivity index (χ2n) is 16.1. The van der Waals surface area contributed by atoms with Gasteiger partial charge in [-0.3, -0.25) is 9.80 Å². The third kappa shape index (κ3) is 9.83. The fourth-order valence-corrected chi connectivity index (χ4v) is 8.43. The first-order chi connectivity index (χ1) is 31.8. The number of carboxylic acid groups (broad SMARTS) is 1. The van der Waals surface area contributed by atoms with Gasteiger partial charge in [0.15, 0.2) is 5.84 Å². The molecule has 1 aromatic heterocycles. The predicted molar refractivity (Wildman–Crippen MR) is 240 cm³/mol. The largest absolute Gasteiger partial charge is 0.502 e. The fraction of sp³-hybridized carbons (Fsp3) is 0.333. The second kappa shape index (κ2) is 20.2. The van der Waals surface area contributed by atoms with Crippen LogP contribution in [0.3, 0.4) is 0 Å². The minimum absolute atomic E-state index is 0.0149. The van der Waals surface area contributed by atoms with Crippen LogP contribution in [0.5, 0.6) is 11.5 Å². The zero-order chi connectivity index (χ0) is 47.1. The number of hydrogen-bond acceptors (Lipinski definition) is 12. The second-order valence-corrected chi connectivity index (χ2v) is 16.1. The van der Waals surface area contributed by atoms with E-state index in [2.05, 4.69) is 31.1 Å². The topological polar surface area (TPSA) is 221 Å². The normalized spacial score (nSPS) is 17.1. The number of fused-ring (bicyclic) bond motifs is 2. The van der Waals surface area contributed by atoms with Gasteiger partial charge in [0.25, 0.3) is 5.89 Å². The van der Waals surface area contributed by atoms with Gasteiger partial charge in [-0.15, -0.1) is 0 Å². The van der Waals surface area contributed by atoms with E-state index in [4.69, 9.17) is 52.7 Å². The van der Waals surface area contributed by atoms with E-state index in [1.165, 1.54) is 18.2 Å². The zero-order valence-electron chi connectivity index (χ0n) is 36.8. The van der Waals surface area contributed by atoms with Crippen LogP contribution in [0.25, 0.3) is 32.5 Å². The Morgan fingerprint density at radius 1 is 0.818 bits per heavy atom. The first kappa shape index (κ1) is 45.9. The van der Waals surface area contributed by atoms with Crippen LogP contribution in [0.15, 0.2) is 82.5 Å². The maximum absolute atomic E-state index is 12.1. The molecule has 5 aromatic rings. The zero-order valence-corrected chi connectivity index (χ0v) is 36.8. The van der Waals surface area contributed by atoms with Crippen molar-refractivity contribution in [3.8, 4) is 34.3 Å². The molecule has 2 aliphatic carbocycles. The van der Waals surface area contributed by atoms with Crippen LogP contribution in [0.2, 0.25) is 0 Å². The van der Waals surface area contributed by atoms with Gasteiger partial charge in [0, 0.05) is 22.3 Å². The van der Waals surface area contributed by atoms with Crippen LogP contribution >= 0.6 is 0 Å². The maximum atomic E-state index is 12.1. The van der Waals surface area contributed by atoms with Crippen LogP contribution < -0.4 is 15.2 Å². The quantitative estimate of drug-likeness (QED) is 0.0392. The third-order valence-corrected chi connectivity index (χ3v) is 11.2. The molecule has 4 aliphatic rings. The number of nitrogens with two attached hydrogens (primary N) is 1. The number of aromatic carboxylic acids is 1. The molecule has 2 fully saturated rings. The van der Waals surface area contributed by atoms with E-state index in [1.807, 2.05) is 64.1 Å². The first-order valence-electron chi connectivity index (χ1n) is 21.3. The number of hydrogen-bond donors (Lipinski definition) is 3. The average molecular weight is 897 g/mol. The monoisotopic (exact) mass is 896 g/mol. The van der Waals surface area contributed by atoms with Crippen molar-refractivity contribution in [2.45, 2.75) is 77.7 Å². The Balaban J connectivity index is 0.000000162. The Hall–Kier alpha value is -8.12. The molecular formula is C48H48N8O10. The molecule has 0 bridgehead atoms. The molecule has 0 unspecified atom stereocenters. The number of rotatable bonds is 10. The molecular weight excluding hydrogens is 849 g/mol. The van der Waals surface area contributed by atoms with Gasteiger partial charge in [0.2, 0.25) is 17.2 Å². The molecule has 18 nitrogen and oxygen atoms in total. The minimum atomic E-state index is -1.05. The SMILES string of the molecule is NC(=NO)c1cccc2c1CC[C@@H]2N1CCOC1=O.[C-]#[N+]c1cc(-c2nc(-c3cccc4c3CC[C@@H]4N3CCOC3=O)no2)ccc1OC(C)C.[C-]#[N+]c1cc(C(=O)O)ccc1OC(C)C. The van der Waals surface area contributed by atoms with Gasteiger partial charge in [0.05, 0.1) is 50.5 Å². The number of nitrogens with zero attached hydrogens (tertiary/aromatic N) is 7. The van der Waals surface area contributed by atoms with E-state index in [0.29, 0.717) is 60.8 Å². The lowest BCUT2D eigenvalue weighted by Crippen LogP contribution is -2.28. The number of benzene rings is 4. The Labute approximate surface area is 380 Å². The van der Waals surface area contributed by atoms with E-state index < -0.39 is 5.97 Å². The molecule has 0 saturated carbocycles. The van der Waals surface area contributed by atoms with Crippen molar-refractivity contribution in [1.29, 1.82) is 0 Å². The Bertz CT molecular complexity index is 2750. The van der Waals surface area contributed by atoms with E-state index in [9.17, 15) is 14.4 Å². The van der Waals surface area contributed by atoms with Crippen molar-refractivity contribution in [1.82, 2.24) is 19.9 Å². The summed E-state index contributed by atoms with van der Waals surface area (Å²) in [5.41, 5.74) is 13.1. The Kier molecular flexibility index (Phi) is 14.0. The van der Waals surface area contributed by atoms with Gasteiger partial charge in [-0.1, -0.05) is 46.7 Å². The van der Waals surface area contributed by atoms with Crippen LogP contribution in [0, 0.1) is 13.1 Å². The molecule has 4 N–H and O–H groups in total. The molecule has 3 heterocycles. The standard InChI is InChI=1S/C24H22N4O4.C13H15N3O3.C11H11NO3/c1-14(2)31-21-10-7-15(13-19(21)25-3)23-26-22(27-32-23)18-6-4-5-17-16(18)8-9-20(17)28-11-12-30-24(28)29;14-12(15-18)10-3-1-2-9-8(10)4-5-11(9)16-6-7-19-13(16)17;1-7(2)15-10-5-4-8(11(13)14)6-9(10)12-3/h4-7,10,13-14,20H,8-9,11-12H2,1-2H3;1-3,11,18H,4-7H2,(H2,14,15);4-7H,1-2H3,(H,13,14)/t20-;11-;/m00./s1. The predicted octanol–water partition coefficient (Wildman–Crippen LogP) is 9.12. The molecule has 0 spiro atoms. The van der Waals surface area contributed by atoms with Crippen molar-refractivity contribution in [2.75, 3.05) is 26.3 Å². The number of carbonyl (C=O) groups is 3. The van der Waals surface area contributed by atoms with Crippen LogP contribution in [0.1, 0.15) is 90.8 Å². The molecule has 340 valence electrons. The van der Waals surface area contributed by atoms with Crippen LogP contribution in [-0.2, 0) is 22.3 Å². The lowest BCUT2D eigenvalue weighted by Gasteiger charge is -2.22. The Morgan fingerprint density at radius 2 is 1.38 bits per heavy atom. The van der Waals surface area contributed by atoms with Gasteiger partial charge in [-0.2, -0.15) is 4.98 Å². The molecule has 4 aromatic carbocycles. The van der Waals surface area contributed by atoms with E-state index in [-0.39, 0.29) is 53.6 Å². The Morgan fingerprint density at radius 3 is 1.92 bits per heavy atom. The summed E-state index contributed by atoms with van der Waals surface area (Å²) in [6.45, 7) is 24.0. The number of aromatic nitrogens is 2. The molecule has 2 amide bonds. The summed E-state index contributed by atoms with van der Waals surface area (Å²) < 4.78 is 26.7. The number of cyclic esters (lactones) is 2. The summed E-state index contributed by atoms with van der Waals surface area (Å²) in [4.78, 5) is 49.3. The summed E-state index contributed by atoms with van der Waals surface area (Å²) in [5.74, 6) is 0.859. The van der Waals surface area contributed by atoms with Gasteiger partial charge in [-0.05, 0) is 112 Å². The summed E-state index contributed by atoms with van der Waals surface area (Å²) in [5, 5.41) is 24.8. The highest BCUT2D eigenvalue weighted by molar-refractivity contribution is 5.99. The lowest BCUT2D eigenvalue weighted by molar-refractivity contribution is 0.0696. The summed E-state index contributed by atoms with van der Waals surface area (Å²) >= 11 is 0. The summed E-state index contributed by atoms with van der Waals surface area (Å²) in [6, 6.07) is 21.3. The molecule has 66 heavy (non-hydrogen) atoms. The van der Waals surface area contributed by atoms with Crippen molar-refractivity contribution < 1.29 is 48.2 Å². The van der Waals surface area contributed by atoms with Gasteiger partial charge in [-0.25, -0.2) is 24.1 Å². The first-order valence-corrected chi connectivity index (χ1v) is 21.3. The van der Waals surface area contributed by atoms with E-state index >= 15 is 0 Å². The summed E-state index contributed by atoms with van der Waals surface area (Å²) in [6.07, 6.45) is 2.76. The number of ether oxygens (including phenoxy) is 4. The lowest BCUT2D eigenvalue weighted by atomic mass is 10.0. The van der Waals surface area contributed by atoms with Crippen molar-refractivity contribution in [3.05, 3.63) is 129 Å². The fourth-order valence-electron chi connectivity index (χ4n) is 8.43. The molecule has 2 saturated heterocycles. The van der Waals surface area contributed by atoms with Gasteiger partial charge >= 0.3 is 18.2 Å². The number of carboxylic acids is 1. The van der Waals surface area contributed by atoms with Gasteiger partial charge < -0.3 is 39.5 Å². The molecule has 18 heteroatoms. The number of carbonyl (C=O) groups excluding carboxylic acids is 2. The highest BCUT2D eigenvalue weighted by Gasteiger charge is 2.37. The van der Waals surface area contributed by atoms with Gasteiger partial charge in [0.1, 0.15) is 24.7 Å². The molecule has 0 radical (unpaired) electrons. The smallest absolute Gasteiger partial charge is 0.410 e. The number of oxime groups is 1. The van der Waals surface area contributed by atoms with E-state index in [0.717, 1.165) is 59.1 Å². The molecule has 9 rings (SSSR count). The summed E-state index contributed by atoms with van der Waals surface area (Å²) in [7, 11) is 0. The third-order valence-electron chi connectivity index (χ3n) is 11.2. The van der Waals surface area contributed by atoms with Crippen LogP contribution in [-0.4, -0.2) is 92.8 Å². The highest BCUT2D eigenvalue weighted by atomic mass is 16.6. The number of amidine groups is 1. The molecule has 2 aliphatic heterocycles. The average Bonchev–Trinajstić information content (AvgIpc) is 4.18. The van der Waals surface area contributed by atoms with Crippen LogP contribution in [0.4, 0.5) is 21.0 Å². The maximum Gasteiger partial charge on any atom is 0.410 e. The molecule has 2 atom stereocenters. The van der Waals surface area contributed by atoms with Crippen molar-refractivity contribution in [2.24, 2.45) is 10.9 Å².